The molecule has 0 saturated heterocycles. The summed E-state index contributed by atoms with van der Waals surface area (Å²) in [7, 11) is 0. The molecule has 1 atom stereocenters. The minimum atomic E-state index is -0.809. The topological polar surface area (TPSA) is 93.1 Å². The average molecular weight is 469 g/mol. The highest BCUT2D eigenvalue weighted by Crippen LogP contribution is 2.27. The van der Waals surface area contributed by atoms with Crippen molar-refractivity contribution in [3.8, 4) is 11.3 Å². The molecule has 0 aliphatic carbocycles. The van der Waals surface area contributed by atoms with Crippen LogP contribution in [0.4, 0.5) is 11.4 Å². The zero-order valence-electron chi connectivity index (χ0n) is 20.0. The van der Waals surface area contributed by atoms with Crippen LogP contribution < -0.4 is 16.2 Å². The number of carbonyl (C=O) groups excluding carboxylic acids is 2. The Kier molecular flexibility index (Phi) is 7.06. The Morgan fingerprint density at radius 3 is 2.29 bits per heavy atom. The molecular weight excluding hydrogens is 440 g/mol. The number of amides is 2. The summed E-state index contributed by atoms with van der Waals surface area (Å²) in [4.78, 5) is 43.9. The minimum Gasteiger partial charge on any atom is -0.325 e. The van der Waals surface area contributed by atoms with E-state index in [1.165, 1.54) is 4.57 Å². The number of rotatable bonds is 7. The molecule has 0 bridgehead atoms. The Labute approximate surface area is 203 Å². The van der Waals surface area contributed by atoms with Gasteiger partial charge in [0.05, 0.1) is 16.7 Å². The fourth-order valence-electron chi connectivity index (χ4n) is 4.06. The summed E-state index contributed by atoms with van der Waals surface area (Å²) in [6.45, 7) is 5.48. The average Bonchev–Trinajstić information content (AvgIpc) is 2.88. The molecule has 2 amide bonds. The van der Waals surface area contributed by atoms with E-state index in [0.29, 0.717) is 28.7 Å². The maximum Gasteiger partial charge on any atom is 0.278 e. The first kappa shape index (κ1) is 23.9. The van der Waals surface area contributed by atoms with E-state index in [1.807, 2.05) is 43.3 Å². The number of benzene rings is 3. The van der Waals surface area contributed by atoms with Crippen LogP contribution in [0.1, 0.15) is 38.8 Å². The van der Waals surface area contributed by atoms with Crippen LogP contribution in [-0.2, 0) is 16.0 Å². The lowest BCUT2D eigenvalue weighted by Gasteiger charge is -2.20. The second-order valence-electron chi connectivity index (χ2n) is 8.25. The van der Waals surface area contributed by atoms with Crippen LogP contribution in [0.25, 0.3) is 22.3 Å². The second kappa shape index (κ2) is 10.3. The lowest BCUT2D eigenvalue weighted by Crippen LogP contribution is -2.33. The summed E-state index contributed by atoms with van der Waals surface area (Å²) in [5.74, 6) is -0.469. The standard InChI is InChI=1S/C28H28N4O3/c1-4-19-12-6-8-14-21(19)31-27(34)18(3)32-24-17-11-10-16-23(24)30-26(28(32)35)20-13-7-9-15-22(20)29-25(33)5-2/h6-18H,4-5H2,1-3H3,(H,29,33)(H,31,34). The van der Waals surface area contributed by atoms with E-state index in [4.69, 9.17) is 0 Å². The van der Waals surface area contributed by atoms with Crippen LogP contribution in [0, 0.1) is 0 Å². The number of fused-ring (bicyclic) bond motifs is 1. The minimum absolute atomic E-state index is 0.166. The number of aryl methyl sites for hydroxylation is 1. The number of nitrogens with zero attached hydrogens (tertiary/aromatic N) is 2. The number of nitrogens with one attached hydrogen (secondary N) is 2. The summed E-state index contributed by atoms with van der Waals surface area (Å²) in [5.41, 5.74) is 3.64. The monoisotopic (exact) mass is 468 g/mol. The number of carbonyl (C=O) groups is 2. The normalized spacial score (nSPS) is 11.7. The Balaban J connectivity index is 1.84. The molecule has 0 radical (unpaired) electrons. The van der Waals surface area contributed by atoms with Gasteiger partial charge in [0.25, 0.3) is 5.56 Å². The molecule has 178 valence electrons. The number of hydrogen-bond donors (Lipinski definition) is 2. The molecule has 2 N–H and O–H groups in total. The van der Waals surface area contributed by atoms with Crippen molar-refractivity contribution in [1.82, 2.24) is 9.55 Å². The van der Waals surface area contributed by atoms with Crippen molar-refractivity contribution < 1.29 is 9.59 Å². The highest BCUT2D eigenvalue weighted by atomic mass is 16.2. The maximum atomic E-state index is 13.8. The molecule has 1 heterocycles. The molecule has 0 saturated carbocycles. The van der Waals surface area contributed by atoms with Crippen LogP contribution in [0.2, 0.25) is 0 Å². The van der Waals surface area contributed by atoms with Crippen molar-refractivity contribution >= 4 is 34.2 Å². The van der Waals surface area contributed by atoms with Crippen molar-refractivity contribution in [3.63, 3.8) is 0 Å². The summed E-state index contributed by atoms with van der Waals surface area (Å²) in [5, 5.41) is 5.82. The van der Waals surface area contributed by atoms with E-state index >= 15 is 0 Å². The van der Waals surface area contributed by atoms with Gasteiger partial charge in [-0.05, 0) is 43.2 Å². The van der Waals surface area contributed by atoms with Gasteiger partial charge in [0.1, 0.15) is 11.7 Å². The first-order valence-electron chi connectivity index (χ1n) is 11.7. The molecular formula is C28H28N4O3. The van der Waals surface area contributed by atoms with Gasteiger partial charge in [-0.25, -0.2) is 4.98 Å². The smallest absolute Gasteiger partial charge is 0.278 e. The van der Waals surface area contributed by atoms with Crippen molar-refractivity contribution in [2.75, 3.05) is 10.6 Å². The summed E-state index contributed by atoms with van der Waals surface area (Å²) >= 11 is 0. The van der Waals surface area contributed by atoms with Crippen LogP contribution in [-0.4, -0.2) is 21.4 Å². The van der Waals surface area contributed by atoms with Crippen molar-refractivity contribution in [2.45, 2.75) is 39.7 Å². The summed E-state index contributed by atoms with van der Waals surface area (Å²) < 4.78 is 1.47. The summed E-state index contributed by atoms with van der Waals surface area (Å²) in [6.07, 6.45) is 1.08. The molecule has 0 aliphatic heterocycles. The van der Waals surface area contributed by atoms with Gasteiger partial charge in [0.2, 0.25) is 11.8 Å². The third-order valence-electron chi connectivity index (χ3n) is 6.00. The van der Waals surface area contributed by atoms with Crippen LogP contribution in [0.3, 0.4) is 0 Å². The van der Waals surface area contributed by atoms with Gasteiger partial charge in [-0.15, -0.1) is 0 Å². The van der Waals surface area contributed by atoms with Gasteiger partial charge >= 0.3 is 0 Å². The Morgan fingerprint density at radius 1 is 0.886 bits per heavy atom. The number of anilines is 2. The molecule has 1 unspecified atom stereocenters. The van der Waals surface area contributed by atoms with E-state index < -0.39 is 11.6 Å². The maximum absolute atomic E-state index is 13.8. The van der Waals surface area contributed by atoms with Gasteiger partial charge in [0.15, 0.2) is 0 Å². The predicted octanol–water partition coefficient (Wildman–Crippen LogP) is 5.17. The Morgan fingerprint density at radius 2 is 1.54 bits per heavy atom. The van der Waals surface area contributed by atoms with Gasteiger partial charge in [0, 0.05) is 17.7 Å². The number of para-hydroxylation sites is 4. The van der Waals surface area contributed by atoms with Gasteiger partial charge < -0.3 is 10.6 Å². The number of aromatic nitrogens is 2. The molecule has 4 rings (SSSR count). The van der Waals surface area contributed by atoms with Crippen LogP contribution in [0.5, 0.6) is 0 Å². The fraction of sp³-hybridized carbons (Fsp3) is 0.214. The molecule has 7 heteroatoms. The van der Waals surface area contributed by atoms with Gasteiger partial charge in [-0.2, -0.15) is 0 Å². The highest BCUT2D eigenvalue weighted by Gasteiger charge is 2.23. The molecule has 4 aromatic rings. The van der Waals surface area contributed by atoms with E-state index in [9.17, 15) is 14.4 Å². The van der Waals surface area contributed by atoms with Crippen molar-refractivity contribution in [1.29, 1.82) is 0 Å². The molecule has 0 spiro atoms. The first-order chi connectivity index (χ1) is 16.9. The van der Waals surface area contributed by atoms with E-state index in [1.54, 1.807) is 50.2 Å². The van der Waals surface area contributed by atoms with Crippen molar-refractivity contribution in [2.24, 2.45) is 0 Å². The first-order valence-corrected chi connectivity index (χ1v) is 11.7. The predicted molar refractivity (Wildman–Crippen MR) is 140 cm³/mol. The third kappa shape index (κ3) is 4.84. The quantitative estimate of drug-likeness (QED) is 0.391. The SMILES string of the molecule is CCC(=O)Nc1ccccc1-c1nc2ccccc2n(C(C)C(=O)Nc2ccccc2CC)c1=O. The molecule has 1 aromatic heterocycles. The van der Waals surface area contributed by atoms with Gasteiger partial charge in [-0.1, -0.05) is 62.4 Å². The van der Waals surface area contributed by atoms with Crippen molar-refractivity contribution in [3.05, 3.63) is 88.7 Å². The Hall–Kier alpha value is -4.26. The van der Waals surface area contributed by atoms with E-state index in [2.05, 4.69) is 15.6 Å². The lowest BCUT2D eigenvalue weighted by molar-refractivity contribution is -0.119. The van der Waals surface area contributed by atoms with Crippen LogP contribution in [0.15, 0.2) is 77.6 Å². The zero-order chi connectivity index (χ0) is 24.9. The van der Waals surface area contributed by atoms with Gasteiger partial charge in [-0.3, -0.25) is 19.0 Å². The largest absolute Gasteiger partial charge is 0.325 e. The fourth-order valence-corrected chi connectivity index (χ4v) is 4.06. The molecule has 7 nitrogen and oxygen atoms in total. The molecule has 3 aromatic carbocycles. The summed E-state index contributed by atoms with van der Waals surface area (Å²) in [6, 6.07) is 21.1. The third-order valence-corrected chi connectivity index (χ3v) is 6.00. The molecule has 0 fully saturated rings. The zero-order valence-corrected chi connectivity index (χ0v) is 20.0. The number of hydrogen-bond acceptors (Lipinski definition) is 4. The highest BCUT2D eigenvalue weighted by molar-refractivity contribution is 5.97. The van der Waals surface area contributed by atoms with Crippen LogP contribution >= 0.6 is 0 Å². The van der Waals surface area contributed by atoms with E-state index in [0.717, 1.165) is 17.7 Å². The van der Waals surface area contributed by atoms with E-state index in [-0.39, 0.29) is 17.5 Å². The second-order valence-corrected chi connectivity index (χ2v) is 8.25. The molecule has 35 heavy (non-hydrogen) atoms. The molecule has 0 aliphatic rings. The Bertz CT molecular complexity index is 1460. The lowest BCUT2D eigenvalue weighted by atomic mass is 10.1.